The number of hydrogen-bond acceptors (Lipinski definition) is 2. The second-order valence-electron chi connectivity index (χ2n) is 4.06. The second-order valence-corrected chi connectivity index (χ2v) is 4.98. The molecule has 0 saturated heterocycles. The number of rotatable bonds is 2. The maximum Gasteiger partial charge on any atom is 0.124 e. The van der Waals surface area contributed by atoms with Crippen LogP contribution in [0.5, 0.6) is 5.75 Å². The number of aryl methyl sites for hydroxylation is 1. The van der Waals surface area contributed by atoms with Crippen LogP contribution in [0.25, 0.3) is 0 Å². The van der Waals surface area contributed by atoms with E-state index >= 15 is 0 Å². The quantitative estimate of drug-likeness (QED) is 0.895. The van der Waals surface area contributed by atoms with Crippen molar-refractivity contribution in [2.45, 2.75) is 38.4 Å². The molecule has 0 amide bonds. The second kappa shape index (κ2) is 4.54. The number of ether oxygens (including phenoxy) is 1. The molecule has 1 aromatic rings. The highest BCUT2D eigenvalue weighted by atomic mass is 79.9. The van der Waals surface area contributed by atoms with E-state index in [0.29, 0.717) is 0 Å². The molecule has 0 aliphatic heterocycles. The van der Waals surface area contributed by atoms with Gasteiger partial charge in [0, 0.05) is 4.47 Å². The van der Waals surface area contributed by atoms with Crippen LogP contribution in [0.2, 0.25) is 0 Å². The summed E-state index contributed by atoms with van der Waals surface area (Å²) >= 11 is 3.42. The summed E-state index contributed by atoms with van der Waals surface area (Å²) in [5, 5.41) is 9.67. The Labute approximate surface area is 98.4 Å². The van der Waals surface area contributed by atoms with Crippen LogP contribution in [-0.2, 0) is 0 Å². The lowest BCUT2D eigenvalue weighted by Crippen LogP contribution is -2.25. The van der Waals surface area contributed by atoms with Crippen LogP contribution in [0.1, 0.15) is 24.8 Å². The Kier molecular flexibility index (Phi) is 3.32. The van der Waals surface area contributed by atoms with Gasteiger partial charge in [-0.25, -0.2) is 0 Å². The van der Waals surface area contributed by atoms with Crippen LogP contribution >= 0.6 is 15.9 Å². The van der Waals surface area contributed by atoms with E-state index in [4.69, 9.17) is 4.74 Å². The summed E-state index contributed by atoms with van der Waals surface area (Å²) < 4.78 is 6.83. The lowest BCUT2D eigenvalue weighted by atomic mass is 10.2. The maximum atomic E-state index is 9.67. The first kappa shape index (κ1) is 11.0. The first-order valence-electron chi connectivity index (χ1n) is 5.27. The SMILES string of the molecule is Cc1ccc(Br)cc1OC1CCCC1O. The van der Waals surface area contributed by atoms with Gasteiger partial charge in [-0.05, 0) is 43.9 Å². The third-order valence-electron chi connectivity index (χ3n) is 2.85. The van der Waals surface area contributed by atoms with Gasteiger partial charge in [-0.15, -0.1) is 0 Å². The zero-order valence-electron chi connectivity index (χ0n) is 8.74. The number of hydrogen-bond donors (Lipinski definition) is 1. The van der Waals surface area contributed by atoms with Gasteiger partial charge in [0.05, 0.1) is 6.10 Å². The molecule has 0 radical (unpaired) electrons. The van der Waals surface area contributed by atoms with E-state index in [1.54, 1.807) is 0 Å². The number of aliphatic hydroxyl groups is 1. The van der Waals surface area contributed by atoms with Crippen LogP contribution in [0.15, 0.2) is 22.7 Å². The Morgan fingerprint density at radius 1 is 1.40 bits per heavy atom. The topological polar surface area (TPSA) is 29.5 Å². The van der Waals surface area contributed by atoms with E-state index in [-0.39, 0.29) is 12.2 Å². The molecule has 1 saturated carbocycles. The van der Waals surface area contributed by atoms with Crippen LogP contribution in [0.3, 0.4) is 0 Å². The predicted octanol–water partition coefficient (Wildman–Crippen LogP) is 3.05. The summed E-state index contributed by atoms with van der Waals surface area (Å²) in [4.78, 5) is 0. The van der Waals surface area contributed by atoms with Crippen molar-refractivity contribution in [2.75, 3.05) is 0 Å². The molecule has 1 aromatic carbocycles. The lowest BCUT2D eigenvalue weighted by Gasteiger charge is -2.18. The van der Waals surface area contributed by atoms with Crippen molar-refractivity contribution in [3.8, 4) is 5.75 Å². The van der Waals surface area contributed by atoms with Gasteiger partial charge in [-0.2, -0.15) is 0 Å². The Balaban J connectivity index is 2.12. The Morgan fingerprint density at radius 3 is 2.87 bits per heavy atom. The molecule has 0 aromatic heterocycles. The third-order valence-corrected chi connectivity index (χ3v) is 3.34. The van der Waals surface area contributed by atoms with Gasteiger partial charge in [0.2, 0.25) is 0 Å². The molecule has 2 rings (SSSR count). The average molecular weight is 271 g/mol. The molecule has 15 heavy (non-hydrogen) atoms. The smallest absolute Gasteiger partial charge is 0.124 e. The standard InChI is InChI=1S/C12H15BrO2/c1-8-5-6-9(13)7-12(8)15-11-4-2-3-10(11)14/h5-7,10-11,14H,2-4H2,1H3. The van der Waals surface area contributed by atoms with E-state index in [2.05, 4.69) is 15.9 Å². The van der Waals surface area contributed by atoms with Crippen LogP contribution in [-0.4, -0.2) is 17.3 Å². The normalized spacial score (nSPS) is 25.5. The monoisotopic (exact) mass is 270 g/mol. The molecule has 3 heteroatoms. The molecule has 1 aliphatic rings. The summed E-state index contributed by atoms with van der Waals surface area (Å²) in [7, 11) is 0. The fourth-order valence-electron chi connectivity index (χ4n) is 1.91. The number of aliphatic hydroxyl groups excluding tert-OH is 1. The van der Waals surface area contributed by atoms with Gasteiger partial charge in [-0.3, -0.25) is 0 Å². The van der Waals surface area contributed by atoms with E-state index < -0.39 is 0 Å². The molecule has 1 aliphatic carbocycles. The largest absolute Gasteiger partial charge is 0.487 e. The van der Waals surface area contributed by atoms with Crippen LogP contribution < -0.4 is 4.74 Å². The summed E-state index contributed by atoms with van der Waals surface area (Å²) in [6.07, 6.45) is 2.53. The highest BCUT2D eigenvalue weighted by molar-refractivity contribution is 9.10. The Hall–Kier alpha value is -0.540. The number of benzene rings is 1. The molecule has 1 N–H and O–H groups in total. The highest BCUT2D eigenvalue weighted by Gasteiger charge is 2.27. The number of halogens is 1. The van der Waals surface area contributed by atoms with Crippen molar-refractivity contribution in [3.05, 3.63) is 28.2 Å². The summed E-state index contributed by atoms with van der Waals surface area (Å²) in [5.74, 6) is 0.871. The average Bonchev–Trinajstić information content (AvgIpc) is 2.58. The minimum absolute atomic E-state index is 0.0296. The van der Waals surface area contributed by atoms with Gasteiger partial charge >= 0.3 is 0 Å². The molecule has 0 spiro atoms. The van der Waals surface area contributed by atoms with Crippen LogP contribution in [0.4, 0.5) is 0 Å². The van der Waals surface area contributed by atoms with Gasteiger partial charge < -0.3 is 9.84 Å². The first-order chi connectivity index (χ1) is 7.16. The highest BCUT2D eigenvalue weighted by Crippen LogP contribution is 2.28. The molecular formula is C12H15BrO2. The fourth-order valence-corrected chi connectivity index (χ4v) is 2.25. The summed E-state index contributed by atoms with van der Waals surface area (Å²) in [6.45, 7) is 2.02. The van der Waals surface area contributed by atoms with Crippen molar-refractivity contribution < 1.29 is 9.84 Å². The van der Waals surface area contributed by atoms with Gasteiger partial charge in [0.25, 0.3) is 0 Å². The summed E-state index contributed by atoms with van der Waals surface area (Å²) in [5.41, 5.74) is 1.11. The molecule has 0 bridgehead atoms. The molecule has 2 atom stereocenters. The van der Waals surface area contributed by atoms with E-state index in [9.17, 15) is 5.11 Å². The molecule has 2 unspecified atom stereocenters. The summed E-state index contributed by atoms with van der Waals surface area (Å²) in [6, 6.07) is 5.97. The Morgan fingerprint density at radius 2 is 2.20 bits per heavy atom. The van der Waals surface area contributed by atoms with Gasteiger partial charge in [0.1, 0.15) is 11.9 Å². The maximum absolute atomic E-state index is 9.67. The van der Waals surface area contributed by atoms with Crippen molar-refractivity contribution in [1.82, 2.24) is 0 Å². The van der Waals surface area contributed by atoms with Gasteiger partial charge in [0.15, 0.2) is 0 Å². The van der Waals surface area contributed by atoms with Crippen molar-refractivity contribution in [1.29, 1.82) is 0 Å². The zero-order valence-corrected chi connectivity index (χ0v) is 10.3. The lowest BCUT2D eigenvalue weighted by molar-refractivity contribution is 0.0599. The van der Waals surface area contributed by atoms with E-state index in [0.717, 1.165) is 35.0 Å². The van der Waals surface area contributed by atoms with E-state index in [1.165, 1.54) is 0 Å². The first-order valence-corrected chi connectivity index (χ1v) is 6.07. The van der Waals surface area contributed by atoms with Crippen LogP contribution in [0, 0.1) is 6.92 Å². The van der Waals surface area contributed by atoms with Crippen molar-refractivity contribution in [2.24, 2.45) is 0 Å². The molecule has 2 nitrogen and oxygen atoms in total. The molecule has 0 heterocycles. The minimum atomic E-state index is -0.302. The van der Waals surface area contributed by atoms with E-state index in [1.807, 2.05) is 25.1 Å². The van der Waals surface area contributed by atoms with Crippen molar-refractivity contribution >= 4 is 15.9 Å². The Bertz CT molecular complexity index is 351. The fraction of sp³-hybridized carbons (Fsp3) is 0.500. The molecule has 82 valence electrons. The predicted molar refractivity (Wildman–Crippen MR) is 63.2 cm³/mol. The molecular weight excluding hydrogens is 256 g/mol. The molecule has 1 fully saturated rings. The van der Waals surface area contributed by atoms with Gasteiger partial charge in [-0.1, -0.05) is 22.0 Å². The zero-order chi connectivity index (χ0) is 10.8. The third kappa shape index (κ3) is 2.52. The van der Waals surface area contributed by atoms with Crippen molar-refractivity contribution in [3.63, 3.8) is 0 Å². The minimum Gasteiger partial charge on any atom is -0.487 e.